The van der Waals surface area contributed by atoms with Gasteiger partial charge in [0.05, 0.1) is 22.5 Å². The van der Waals surface area contributed by atoms with Crippen LogP contribution in [0.4, 0.5) is 11.6 Å². The zero-order valence-corrected chi connectivity index (χ0v) is 15.2. The molecule has 0 saturated heterocycles. The zero-order valence-electron chi connectivity index (χ0n) is 15.2. The Labute approximate surface area is 164 Å². The third kappa shape index (κ3) is 1.69. The molecule has 1 amide bonds. The first kappa shape index (κ1) is 16.0. The predicted molar refractivity (Wildman–Crippen MR) is 103 cm³/mol. The number of aromatic nitrogens is 1. The largest absolute Gasteiger partial charge is 0.338 e. The van der Waals surface area contributed by atoms with Crippen LogP contribution in [0, 0.1) is 6.92 Å². The lowest BCUT2D eigenvalue weighted by atomic mass is 9.63. The Hall–Kier alpha value is -4.00. The number of rotatable bonds is 0. The summed E-state index contributed by atoms with van der Waals surface area (Å²) < 4.78 is 5.42. The van der Waals surface area contributed by atoms with Crippen LogP contribution in [0.3, 0.4) is 0 Å². The molecule has 3 heterocycles. The van der Waals surface area contributed by atoms with Gasteiger partial charge in [0.2, 0.25) is 17.6 Å². The Balaban J connectivity index is 1.78. The average molecular weight is 383 g/mol. The fraction of sp³-hybridized carbons (Fsp3) is 0.0909. The summed E-state index contributed by atoms with van der Waals surface area (Å²) in [6.07, 6.45) is 0. The number of aryl methyl sites for hydroxylation is 1. The summed E-state index contributed by atoms with van der Waals surface area (Å²) in [6, 6.07) is 13.8. The molecule has 7 nitrogen and oxygen atoms in total. The van der Waals surface area contributed by atoms with E-state index in [1.807, 2.05) is 0 Å². The highest BCUT2D eigenvalue weighted by Crippen LogP contribution is 2.56. The Morgan fingerprint density at radius 2 is 1.59 bits per heavy atom. The highest BCUT2D eigenvalue weighted by atomic mass is 16.5. The van der Waals surface area contributed by atoms with E-state index in [4.69, 9.17) is 4.52 Å². The van der Waals surface area contributed by atoms with Crippen molar-refractivity contribution in [2.45, 2.75) is 12.3 Å². The lowest BCUT2D eigenvalue weighted by molar-refractivity contribution is -0.118. The minimum absolute atomic E-state index is 0.0594. The molecule has 2 N–H and O–H groups in total. The van der Waals surface area contributed by atoms with E-state index < -0.39 is 11.3 Å². The van der Waals surface area contributed by atoms with Crippen molar-refractivity contribution in [3.05, 3.63) is 87.7 Å². The second-order valence-electron chi connectivity index (χ2n) is 7.30. The van der Waals surface area contributed by atoms with Gasteiger partial charge < -0.3 is 15.2 Å². The van der Waals surface area contributed by atoms with Crippen molar-refractivity contribution in [2.24, 2.45) is 0 Å². The van der Waals surface area contributed by atoms with E-state index in [2.05, 4.69) is 15.8 Å². The second-order valence-corrected chi connectivity index (χ2v) is 7.30. The van der Waals surface area contributed by atoms with Crippen LogP contribution >= 0.6 is 0 Å². The topological polar surface area (TPSA) is 101 Å². The average Bonchev–Trinajstić information content (AvgIpc) is 3.24. The number of allylic oxidation sites excluding steroid dienone is 1. The molecule has 7 heteroatoms. The number of nitrogens with zero attached hydrogens (tertiary/aromatic N) is 1. The third-order valence-corrected chi connectivity index (χ3v) is 5.89. The number of nitrogens with one attached hydrogen (secondary N) is 2. The first-order chi connectivity index (χ1) is 14.0. The van der Waals surface area contributed by atoms with E-state index >= 15 is 0 Å². The number of para-hydroxylation sites is 1. The lowest BCUT2D eigenvalue weighted by Crippen LogP contribution is -2.47. The van der Waals surface area contributed by atoms with Crippen molar-refractivity contribution in [3.8, 4) is 0 Å². The van der Waals surface area contributed by atoms with Crippen molar-refractivity contribution < 1.29 is 18.9 Å². The molecule has 140 valence electrons. The summed E-state index contributed by atoms with van der Waals surface area (Å²) >= 11 is 0. The molecule has 0 bridgehead atoms. The molecule has 1 aliphatic carbocycles. The number of amides is 1. The summed E-state index contributed by atoms with van der Waals surface area (Å²) in [5.41, 5.74) is 1.38. The molecule has 0 fully saturated rings. The Morgan fingerprint density at radius 1 is 0.897 bits per heavy atom. The molecule has 29 heavy (non-hydrogen) atoms. The van der Waals surface area contributed by atoms with Crippen LogP contribution in [0.2, 0.25) is 0 Å². The van der Waals surface area contributed by atoms with E-state index in [9.17, 15) is 14.4 Å². The van der Waals surface area contributed by atoms with E-state index in [0.29, 0.717) is 28.1 Å². The third-order valence-electron chi connectivity index (χ3n) is 5.89. The van der Waals surface area contributed by atoms with Crippen LogP contribution < -0.4 is 10.6 Å². The number of carbonyl (C=O) groups excluding carboxylic acids is 3. The van der Waals surface area contributed by atoms with Gasteiger partial charge in [-0.1, -0.05) is 47.6 Å². The van der Waals surface area contributed by atoms with Crippen molar-refractivity contribution in [1.82, 2.24) is 5.16 Å². The predicted octanol–water partition coefficient (Wildman–Crippen LogP) is 2.98. The normalized spacial score (nSPS) is 21.3. The Morgan fingerprint density at radius 3 is 2.38 bits per heavy atom. The zero-order chi connectivity index (χ0) is 19.9. The number of carbonyl (C=O) groups is 3. The van der Waals surface area contributed by atoms with Gasteiger partial charge in [-0.15, -0.1) is 0 Å². The van der Waals surface area contributed by atoms with Crippen LogP contribution in [0.1, 0.15) is 37.5 Å². The van der Waals surface area contributed by atoms with Crippen molar-refractivity contribution in [1.29, 1.82) is 0 Å². The molecular formula is C22H13N3O4. The lowest BCUT2D eigenvalue weighted by Gasteiger charge is -2.37. The van der Waals surface area contributed by atoms with Gasteiger partial charge in [-0.2, -0.15) is 0 Å². The summed E-state index contributed by atoms with van der Waals surface area (Å²) in [5, 5.41) is 9.83. The first-order valence-electron chi connectivity index (χ1n) is 9.13. The SMILES string of the molecule is Cc1noc2c1C1(C(=O)Nc3ccccc31)C1=C(N2)C(=O)c2ccccc2C1=O. The number of benzene rings is 2. The van der Waals surface area contributed by atoms with Gasteiger partial charge >= 0.3 is 0 Å². The highest BCUT2D eigenvalue weighted by Gasteiger charge is 2.61. The molecule has 1 aromatic heterocycles. The summed E-state index contributed by atoms with van der Waals surface area (Å²) in [4.78, 5) is 40.5. The van der Waals surface area contributed by atoms with Gasteiger partial charge in [0, 0.05) is 22.4 Å². The molecule has 3 aromatic rings. The molecule has 1 spiro atoms. The monoisotopic (exact) mass is 383 g/mol. The van der Waals surface area contributed by atoms with Crippen molar-refractivity contribution in [2.75, 3.05) is 10.6 Å². The summed E-state index contributed by atoms with van der Waals surface area (Å²) in [7, 11) is 0. The van der Waals surface area contributed by atoms with Gasteiger partial charge in [0.15, 0.2) is 5.78 Å². The molecule has 2 aliphatic heterocycles. The van der Waals surface area contributed by atoms with E-state index in [1.54, 1.807) is 55.5 Å². The number of ketones is 2. The Kier molecular flexibility index (Phi) is 2.80. The van der Waals surface area contributed by atoms with E-state index in [1.165, 1.54) is 0 Å². The molecule has 3 aliphatic rings. The molecule has 0 radical (unpaired) electrons. The van der Waals surface area contributed by atoms with Crippen LogP contribution in [-0.4, -0.2) is 22.6 Å². The minimum atomic E-state index is -1.50. The summed E-state index contributed by atoms with van der Waals surface area (Å²) in [5.74, 6) is -0.915. The fourth-order valence-electron chi connectivity index (χ4n) is 4.74. The van der Waals surface area contributed by atoms with Gasteiger partial charge in [0.25, 0.3) is 0 Å². The van der Waals surface area contributed by atoms with E-state index in [0.717, 1.165) is 0 Å². The first-order valence-corrected chi connectivity index (χ1v) is 9.13. The fourth-order valence-corrected chi connectivity index (χ4v) is 4.74. The van der Waals surface area contributed by atoms with E-state index in [-0.39, 0.29) is 34.3 Å². The van der Waals surface area contributed by atoms with Crippen molar-refractivity contribution >= 4 is 29.0 Å². The maximum atomic E-state index is 13.7. The standard InChI is InChI=1S/C22H13N3O4/c1-10-15-20(29-25-10)24-17-16(18(26)11-6-2-3-7-12(11)19(17)27)22(15)13-8-4-5-9-14(13)23-21(22)28/h2-9,24H,1H3,(H,23,28). The number of hydrogen-bond acceptors (Lipinski definition) is 6. The van der Waals surface area contributed by atoms with Gasteiger partial charge in [-0.05, 0) is 13.0 Å². The molecule has 2 aromatic carbocycles. The van der Waals surface area contributed by atoms with Crippen LogP contribution in [0.25, 0.3) is 0 Å². The molecule has 1 atom stereocenters. The van der Waals surface area contributed by atoms with Crippen LogP contribution in [0.5, 0.6) is 0 Å². The molecule has 0 saturated carbocycles. The molecule has 6 rings (SSSR count). The molecule has 1 unspecified atom stereocenters. The number of fused-ring (bicyclic) bond motifs is 6. The maximum absolute atomic E-state index is 13.7. The van der Waals surface area contributed by atoms with Crippen LogP contribution in [-0.2, 0) is 10.2 Å². The molecular weight excluding hydrogens is 370 g/mol. The van der Waals surface area contributed by atoms with Crippen LogP contribution in [0.15, 0.2) is 64.3 Å². The summed E-state index contributed by atoms with van der Waals surface area (Å²) in [6.45, 7) is 1.72. The number of anilines is 2. The highest BCUT2D eigenvalue weighted by molar-refractivity contribution is 6.33. The van der Waals surface area contributed by atoms with Gasteiger partial charge in [-0.25, -0.2) is 0 Å². The number of Topliss-reactive ketones (excluding diaryl/α,β-unsaturated/α-hetero) is 2. The maximum Gasteiger partial charge on any atom is 0.244 e. The Bertz CT molecular complexity index is 1330. The van der Waals surface area contributed by atoms with Crippen molar-refractivity contribution in [3.63, 3.8) is 0 Å². The number of hydrogen-bond donors (Lipinski definition) is 2. The minimum Gasteiger partial charge on any atom is -0.338 e. The quantitative estimate of drug-likeness (QED) is 0.619. The van der Waals surface area contributed by atoms with Gasteiger partial charge in [-0.3, -0.25) is 14.4 Å². The smallest absolute Gasteiger partial charge is 0.244 e. The van der Waals surface area contributed by atoms with Gasteiger partial charge in [0.1, 0.15) is 5.41 Å². The second kappa shape index (κ2) is 5.08.